The number of alkyl halides is 3. The highest BCUT2D eigenvalue weighted by molar-refractivity contribution is 7.80. The van der Waals surface area contributed by atoms with E-state index in [1.807, 2.05) is 24.3 Å². The Kier molecular flexibility index (Phi) is 6.48. The summed E-state index contributed by atoms with van der Waals surface area (Å²) >= 11 is 5.02. The number of para-hydroxylation sites is 1. The molecular weight excluding hydrogens is 389 g/mol. The predicted octanol–water partition coefficient (Wildman–Crippen LogP) is 3.86. The Morgan fingerprint density at radius 3 is 2.43 bits per heavy atom. The van der Waals surface area contributed by atoms with Crippen LogP contribution in [0.25, 0.3) is 0 Å². The molecule has 0 aliphatic carbocycles. The third kappa shape index (κ3) is 5.43. The first-order valence-electron chi connectivity index (χ1n) is 8.62. The molecule has 1 heterocycles. The van der Waals surface area contributed by atoms with Gasteiger partial charge in [0.1, 0.15) is 0 Å². The van der Waals surface area contributed by atoms with Crippen LogP contribution >= 0.6 is 12.2 Å². The fraction of sp³-hybridized carbons (Fsp3) is 0.263. The Hall–Kier alpha value is -2.65. The van der Waals surface area contributed by atoms with Gasteiger partial charge < -0.3 is 15.0 Å². The zero-order chi connectivity index (χ0) is 20.0. The van der Waals surface area contributed by atoms with Crippen molar-refractivity contribution < 1.29 is 17.9 Å². The molecule has 0 bridgehead atoms. The summed E-state index contributed by atoms with van der Waals surface area (Å²) in [5.41, 5.74) is 3.56. The Morgan fingerprint density at radius 2 is 1.75 bits per heavy atom. The van der Waals surface area contributed by atoms with Crippen molar-refractivity contribution in [2.75, 3.05) is 36.5 Å². The van der Waals surface area contributed by atoms with E-state index < -0.39 is 11.7 Å². The third-order valence-electron chi connectivity index (χ3n) is 4.13. The van der Waals surface area contributed by atoms with E-state index in [2.05, 4.69) is 20.7 Å². The topological polar surface area (TPSA) is 48.9 Å². The van der Waals surface area contributed by atoms with E-state index in [-0.39, 0.29) is 10.8 Å². The van der Waals surface area contributed by atoms with Crippen LogP contribution in [0.1, 0.15) is 11.1 Å². The molecule has 0 unspecified atom stereocenters. The first kappa shape index (κ1) is 20.1. The molecular formula is C19H19F3N4OS. The van der Waals surface area contributed by atoms with Crippen molar-refractivity contribution in [1.29, 1.82) is 0 Å². The average Bonchev–Trinajstić information content (AvgIpc) is 2.69. The zero-order valence-corrected chi connectivity index (χ0v) is 15.7. The van der Waals surface area contributed by atoms with E-state index in [0.29, 0.717) is 0 Å². The van der Waals surface area contributed by atoms with E-state index >= 15 is 0 Å². The molecule has 0 saturated carbocycles. The summed E-state index contributed by atoms with van der Waals surface area (Å²) in [6.07, 6.45) is -2.92. The van der Waals surface area contributed by atoms with E-state index in [4.69, 9.17) is 17.0 Å². The summed E-state index contributed by atoms with van der Waals surface area (Å²) in [5, 5.41) is 6.47. The van der Waals surface area contributed by atoms with Gasteiger partial charge in [-0.05, 0) is 42.0 Å². The number of nitrogens with one attached hydrogen (secondary N) is 2. The van der Waals surface area contributed by atoms with E-state index in [1.54, 1.807) is 6.21 Å². The molecule has 2 N–H and O–H groups in total. The lowest BCUT2D eigenvalue weighted by Crippen LogP contribution is -2.36. The summed E-state index contributed by atoms with van der Waals surface area (Å²) in [7, 11) is 0. The van der Waals surface area contributed by atoms with Gasteiger partial charge in [-0.1, -0.05) is 24.3 Å². The number of hydrazone groups is 1. The second-order valence-corrected chi connectivity index (χ2v) is 6.47. The predicted molar refractivity (Wildman–Crippen MR) is 108 cm³/mol. The van der Waals surface area contributed by atoms with Crippen LogP contribution in [0.4, 0.5) is 24.5 Å². The lowest BCUT2D eigenvalue weighted by Gasteiger charge is -2.28. The molecule has 9 heteroatoms. The highest BCUT2D eigenvalue weighted by atomic mass is 32.1. The minimum atomic E-state index is -4.47. The summed E-state index contributed by atoms with van der Waals surface area (Å²) in [6, 6.07) is 12.9. The Morgan fingerprint density at radius 1 is 1.07 bits per heavy atom. The van der Waals surface area contributed by atoms with Gasteiger partial charge in [0.15, 0.2) is 5.11 Å². The number of halogens is 3. The second kappa shape index (κ2) is 9.03. The number of hydrogen-bond donors (Lipinski definition) is 2. The third-order valence-corrected chi connectivity index (χ3v) is 4.32. The van der Waals surface area contributed by atoms with Crippen molar-refractivity contribution >= 4 is 34.9 Å². The van der Waals surface area contributed by atoms with E-state index in [0.717, 1.165) is 43.6 Å². The Bertz CT molecular complexity index is 834. The molecule has 0 radical (unpaired) electrons. The quantitative estimate of drug-likeness (QED) is 0.457. The summed E-state index contributed by atoms with van der Waals surface area (Å²) < 4.78 is 44.3. The molecule has 1 aliphatic rings. The van der Waals surface area contributed by atoms with Gasteiger partial charge in [0.2, 0.25) is 0 Å². The van der Waals surface area contributed by atoms with Crippen LogP contribution in [-0.2, 0) is 10.9 Å². The van der Waals surface area contributed by atoms with Gasteiger partial charge in [0, 0.05) is 18.8 Å². The molecule has 1 fully saturated rings. The minimum absolute atomic E-state index is 0.0297. The standard InChI is InChI=1S/C19H19F3N4OS/c20-19(21,22)16-3-1-2-4-17(16)24-18(28)25-23-13-14-5-7-15(8-6-14)26-9-11-27-12-10-26/h1-8,13H,9-12H2,(H2,24,25,28)/b23-13+. The van der Waals surface area contributed by atoms with Gasteiger partial charge in [-0.3, -0.25) is 5.43 Å². The van der Waals surface area contributed by atoms with Crippen LogP contribution in [0.3, 0.4) is 0 Å². The van der Waals surface area contributed by atoms with Crippen LogP contribution in [0.2, 0.25) is 0 Å². The normalized spacial score (nSPS) is 14.9. The number of morpholine rings is 1. The Balaban J connectivity index is 1.55. The van der Waals surface area contributed by atoms with E-state index in [9.17, 15) is 13.2 Å². The minimum Gasteiger partial charge on any atom is -0.378 e. The van der Waals surface area contributed by atoms with Crippen LogP contribution < -0.4 is 15.6 Å². The number of hydrogen-bond acceptors (Lipinski definition) is 4. The smallest absolute Gasteiger partial charge is 0.378 e. The summed E-state index contributed by atoms with van der Waals surface area (Å²) in [4.78, 5) is 2.24. The van der Waals surface area contributed by atoms with Crippen molar-refractivity contribution in [2.45, 2.75) is 6.18 Å². The molecule has 1 aliphatic heterocycles. The molecule has 0 aromatic heterocycles. The van der Waals surface area contributed by atoms with Crippen molar-refractivity contribution in [3.05, 3.63) is 59.7 Å². The average molecular weight is 408 g/mol. The highest BCUT2D eigenvalue weighted by Gasteiger charge is 2.33. The number of rotatable bonds is 4. The maximum absolute atomic E-state index is 13.0. The summed E-state index contributed by atoms with van der Waals surface area (Å²) in [5.74, 6) is 0. The molecule has 148 valence electrons. The molecule has 2 aromatic carbocycles. The summed E-state index contributed by atoms with van der Waals surface area (Å²) in [6.45, 7) is 3.15. The lowest BCUT2D eigenvalue weighted by atomic mass is 10.2. The number of anilines is 2. The maximum Gasteiger partial charge on any atom is 0.418 e. The zero-order valence-electron chi connectivity index (χ0n) is 14.9. The molecule has 2 aromatic rings. The lowest BCUT2D eigenvalue weighted by molar-refractivity contribution is -0.136. The fourth-order valence-corrected chi connectivity index (χ4v) is 2.91. The first-order valence-corrected chi connectivity index (χ1v) is 9.03. The molecule has 0 spiro atoms. The number of benzene rings is 2. The number of nitrogens with zero attached hydrogens (tertiary/aromatic N) is 2. The van der Waals surface area contributed by atoms with Crippen LogP contribution in [0.15, 0.2) is 53.6 Å². The molecule has 5 nitrogen and oxygen atoms in total. The highest BCUT2D eigenvalue weighted by Crippen LogP contribution is 2.34. The molecule has 0 amide bonds. The van der Waals surface area contributed by atoms with Crippen molar-refractivity contribution in [3.8, 4) is 0 Å². The van der Waals surface area contributed by atoms with Gasteiger partial charge in [-0.15, -0.1) is 0 Å². The maximum atomic E-state index is 13.0. The van der Waals surface area contributed by atoms with Gasteiger partial charge in [-0.25, -0.2) is 0 Å². The number of thiocarbonyl (C=S) groups is 1. The van der Waals surface area contributed by atoms with Crippen LogP contribution in [0, 0.1) is 0 Å². The van der Waals surface area contributed by atoms with Crippen molar-refractivity contribution in [3.63, 3.8) is 0 Å². The second-order valence-electron chi connectivity index (χ2n) is 6.06. The monoisotopic (exact) mass is 408 g/mol. The Labute approximate surface area is 166 Å². The molecule has 3 rings (SSSR count). The van der Waals surface area contributed by atoms with E-state index in [1.165, 1.54) is 18.2 Å². The first-order chi connectivity index (χ1) is 13.4. The van der Waals surface area contributed by atoms with Crippen molar-refractivity contribution in [1.82, 2.24) is 5.43 Å². The molecule has 28 heavy (non-hydrogen) atoms. The van der Waals surface area contributed by atoms with Crippen LogP contribution in [-0.4, -0.2) is 37.6 Å². The largest absolute Gasteiger partial charge is 0.418 e. The SMILES string of the molecule is FC(F)(F)c1ccccc1NC(=S)N/N=C/c1ccc(N2CCOCC2)cc1. The molecule has 1 saturated heterocycles. The molecule has 0 atom stereocenters. The van der Waals surface area contributed by atoms with Gasteiger partial charge in [-0.2, -0.15) is 18.3 Å². The number of ether oxygens (including phenoxy) is 1. The van der Waals surface area contributed by atoms with Gasteiger partial charge in [0.05, 0.1) is 30.7 Å². The van der Waals surface area contributed by atoms with Gasteiger partial charge in [0.25, 0.3) is 0 Å². The van der Waals surface area contributed by atoms with Crippen molar-refractivity contribution in [2.24, 2.45) is 5.10 Å². The van der Waals surface area contributed by atoms with Gasteiger partial charge >= 0.3 is 6.18 Å². The van der Waals surface area contributed by atoms with Crippen LogP contribution in [0.5, 0.6) is 0 Å². The fourth-order valence-electron chi connectivity index (χ4n) is 2.75.